The molecule has 1 saturated heterocycles. The molecule has 0 spiro atoms. The van der Waals surface area contributed by atoms with Crippen molar-refractivity contribution in [2.24, 2.45) is 0 Å². The van der Waals surface area contributed by atoms with Crippen molar-refractivity contribution >= 4 is 28.9 Å². The average Bonchev–Trinajstić information content (AvgIpc) is 3.03. The van der Waals surface area contributed by atoms with Crippen molar-refractivity contribution in [3.63, 3.8) is 0 Å². The molecule has 3 aromatic rings. The highest BCUT2D eigenvalue weighted by Gasteiger charge is 2.24. The minimum absolute atomic E-state index is 0.0278. The standard InChI is InChI=1S/C23H26ClN5O/c1-17-23(18(2)29(26-17)20-8-4-3-5-9-20)25-22(30)16-27-11-13-28(14-12-27)21-10-6-7-19(24)15-21/h3-10,15H,11-14,16H2,1-2H3,(H,25,30)/p+1. The smallest absolute Gasteiger partial charge is 0.279 e. The number of carbonyl (C=O) groups is 1. The highest BCUT2D eigenvalue weighted by Crippen LogP contribution is 2.22. The van der Waals surface area contributed by atoms with E-state index in [1.165, 1.54) is 4.90 Å². The third-order valence-electron chi connectivity index (χ3n) is 5.61. The van der Waals surface area contributed by atoms with Crippen molar-refractivity contribution < 1.29 is 9.69 Å². The van der Waals surface area contributed by atoms with Crippen molar-refractivity contribution in [1.82, 2.24) is 9.78 Å². The molecular weight excluding hydrogens is 398 g/mol. The zero-order chi connectivity index (χ0) is 21.1. The topological polar surface area (TPSA) is 54.6 Å². The van der Waals surface area contributed by atoms with Gasteiger partial charge < -0.3 is 15.1 Å². The van der Waals surface area contributed by atoms with Crippen molar-refractivity contribution in [1.29, 1.82) is 0 Å². The molecule has 1 amide bonds. The van der Waals surface area contributed by atoms with E-state index in [9.17, 15) is 4.79 Å². The van der Waals surface area contributed by atoms with Crippen molar-refractivity contribution in [2.45, 2.75) is 13.8 Å². The number of carbonyl (C=O) groups excluding carboxylic acids is 1. The van der Waals surface area contributed by atoms with Gasteiger partial charge in [0.25, 0.3) is 5.91 Å². The first-order valence-electron chi connectivity index (χ1n) is 10.3. The Bertz CT molecular complexity index is 1030. The lowest BCUT2D eigenvalue weighted by Crippen LogP contribution is -3.15. The molecule has 0 saturated carbocycles. The van der Waals surface area contributed by atoms with Crippen LogP contribution in [0.15, 0.2) is 54.6 Å². The molecule has 6 nitrogen and oxygen atoms in total. The molecule has 156 valence electrons. The summed E-state index contributed by atoms with van der Waals surface area (Å²) in [6, 6.07) is 17.9. The Morgan fingerprint density at radius 2 is 1.77 bits per heavy atom. The molecule has 0 bridgehead atoms. The normalized spacial score (nSPS) is 14.7. The number of anilines is 2. The summed E-state index contributed by atoms with van der Waals surface area (Å²) in [5, 5.41) is 8.45. The molecule has 0 unspecified atom stereocenters. The maximum Gasteiger partial charge on any atom is 0.279 e. The predicted octanol–water partition coefficient (Wildman–Crippen LogP) is 2.49. The molecule has 1 aromatic heterocycles. The number of piperazine rings is 1. The Kier molecular flexibility index (Phi) is 6.06. The van der Waals surface area contributed by atoms with Crippen LogP contribution in [0.25, 0.3) is 5.69 Å². The molecule has 0 aliphatic carbocycles. The molecule has 1 aliphatic rings. The number of hydrogen-bond acceptors (Lipinski definition) is 3. The second-order valence-electron chi connectivity index (χ2n) is 7.74. The van der Waals surface area contributed by atoms with E-state index in [2.05, 4.69) is 21.4 Å². The number of para-hydroxylation sites is 1. The van der Waals surface area contributed by atoms with E-state index < -0.39 is 0 Å². The van der Waals surface area contributed by atoms with Crippen LogP contribution in [0.1, 0.15) is 11.4 Å². The minimum Gasteiger partial charge on any atom is -0.360 e. The fourth-order valence-electron chi connectivity index (χ4n) is 3.99. The predicted molar refractivity (Wildman–Crippen MR) is 121 cm³/mol. The van der Waals surface area contributed by atoms with Gasteiger partial charge in [0, 0.05) is 10.7 Å². The average molecular weight is 425 g/mol. The number of nitrogens with one attached hydrogen (secondary N) is 2. The molecule has 2 aromatic carbocycles. The SMILES string of the molecule is Cc1nn(-c2ccccc2)c(C)c1NC(=O)C[NH+]1CCN(c2cccc(Cl)c2)CC1. The molecule has 7 heteroatoms. The summed E-state index contributed by atoms with van der Waals surface area (Å²) in [7, 11) is 0. The lowest BCUT2D eigenvalue weighted by Gasteiger charge is -2.33. The number of nitrogens with zero attached hydrogens (tertiary/aromatic N) is 3. The first-order valence-corrected chi connectivity index (χ1v) is 10.6. The van der Waals surface area contributed by atoms with Gasteiger partial charge in [-0.05, 0) is 44.2 Å². The van der Waals surface area contributed by atoms with Gasteiger partial charge in [-0.25, -0.2) is 4.68 Å². The molecular formula is C23H27ClN5O+. The monoisotopic (exact) mass is 424 g/mol. The highest BCUT2D eigenvalue weighted by atomic mass is 35.5. The Morgan fingerprint density at radius 1 is 1.07 bits per heavy atom. The maximum absolute atomic E-state index is 12.7. The summed E-state index contributed by atoms with van der Waals surface area (Å²) < 4.78 is 1.88. The van der Waals surface area contributed by atoms with Crippen molar-refractivity contribution in [3.8, 4) is 5.69 Å². The number of amides is 1. The quantitative estimate of drug-likeness (QED) is 0.661. The number of quaternary nitrogens is 1. The van der Waals surface area contributed by atoms with Crippen LogP contribution in [0.2, 0.25) is 5.02 Å². The minimum atomic E-state index is 0.0278. The summed E-state index contributed by atoms with van der Waals surface area (Å²) in [4.78, 5) is 16.3. The second-order valence-corrected chi connectivity index (χ2v) is 8.17. The molecule has 1 fully saturated rings. The van der Waals surface area contributed by atoms with Gasteiger partial charge in [0.2, 0.25) is 0 Å². The van der Waals surface area contributed by atoms with Gasteiger partial charge in [-0.1, -0.05) is 35.9 Å². The zero-order valence-electron chi connectivity index (χ0n) is 17.4. The number of halogens is 1. The molecule has 2 N–H and O–H groups in total. The van der Waals surface area contributed by atoms with Crippen LogP contribution >= 0.6 is 11.6 Å². The zero-order valence-corrected chi connectivity index (χ0v) is 18.1. The van der Waals surface area contributed by atoms with Gasteiger partial charge in [0.15, 0.2) is 6.54 Å². The Morgan fingerprint density at radius 3 is 2.47 bits per heavy atom. The Balaban J connectivity index is 1.35. The molecule has 2 heterocycles. The number of aromatic nitrogens is 2. The van der Waals surface area contributed by atoms with E-state index in [4.69, 9.17) is 11.6 Å². The fraction of sp³-hybridized carbons (Fsp3) is 0.304. The van der Waals surface area contributed by atoms with E-state index in [-0.39, 0.29) is 5.91 Å². The second kappa shape index (κ2) is 8.90. The van der Waals surface area contributed by atoms with Crippen LogP contribution in [0, 0.1) is 13.8 Å². The van der Waals surface area contributed by atoms with Gasteiger partial charge in [-0.2, -0.15) is 5.10 Å². The van der Waals surface area contributed by atoms with Crippen LogP contribution < -0.4 is 15.1 Å². The number of aryl methyl sites for hydroxylation is 1. The molecule has 0 radical (unpaired) electrons. The van der Waals surface area contributed by atoms with Gasteiger partial charge in [0.05, 0.1) is 48.9 Å². The largest absolute Gasteiger partial charge is 0.360 e. The lowest BCUT2D eigenvalue weighted by atomic mass is 10.2. The van der Waals surface area contributed by atoms with Gasteiger partial charge in [0.1, 0.15) is 0 Å². The van der Waals surface area contributed by atoms with Crippen LogP contribution in [0.3, 0.4) is 0 Å². The number of hydrogen-bond donors (Lipinski definition) is 2. The third-order valence-corrected chi connectivity index (χ3v) is 5.85. The summed E-state index contributed by atoms with van der Waals surface area (Å²) in [5.41, 5.74) is 4.70. The van der Waals surface area contributed by atoms with Gasteiger partial charge in [-0.15, -0.1) is 0 Å². The van der Waals surface area contributed by atoms with Crippen LogP contribution in [-0.4, -0.2) is 48.4 Å². The molecule has 4 rings (SSSR count). The van der Waals surface area contributed by atoms with Crippen LogP contribution in [0.4, 0.5) is 11.4 Å². The molecule has 30 heavy (non-hydrogen) atoms. The highest BCUT2D eigenvalue weighted by molar-refractivity contribution is 6.30. The summed E-state index contributed by atoms with van der Waals surface area (Å²) in [6.07, 6.45) is 0. The van der Waals surface area contributed by atoms with Gasteiger partial charge >= 0.3 is 0 Å². The third kappa shape index (κ3) is 4.50. The maximum atomic E-state index is 12.7. The Labute approximate surface area is 182 Å². The van der Waals surface area contributed by atoms with Crippen LogP contribution in [0.5, 0.6) is 0 Å². The Hall–Kier alpha value is -2.83. The van der Waals surface area contributed by atoms with Crippen molar-refractivity contribution in [2.75, 3.05) is 42.9 Å². The number of benzene rings is 2. The first kappa shape index (κ1) is 20.4. The molecule has 0 atom stereocenters. The van der Waals surface area contributed by atoms with E-state index >= 15 is 0 Å². The van der Waals surface area contributed by atoms with Crippen molar-refractivity contribution in [3.05, 3.63) is 71.0 Å². The van der Waals surface area contributed by atoms with E-state index in [0.29, 0.717) is 6.54 Å². The summed E-state index contributed by atoms with van der Waals surface area (Å²) >= 11 is 6.11. The van der Waals surface area contributed by atoms with E-state index in [1.54, 1.807) is 0 Å². The van der Waals surface area contributed by atoms with Crippen LogP contribution in [-0.2, 0) is 4.79 Å². The first-order chi connectivity index (χ1) is 14.5. The number of rotatable bonds is 5. The summed E-state index contributed by atoms with van der Waals surface area (Å²) in [5.74, 6) is 0.0278. The molecule has 1 aliphatic heterocycles. The lowest BCUT2D eigenvalue weighted by molar-refractivity contribution is -0.892. The fourth-order valence-corrected chi connectivity index (χ4v) is 4.17. The summed E-state index contributed by atoms with van der Waals surface area (Å²) in [6.45, 7) is 8.03. The van der Waals surface area contributed by atoms with E-state index in [1.807, 2.05) is 67.1 Å². The van der Waals surface area contributed by atoms with Gasteiger partial charge in [-0.3, -0.25) is 4.79 Å². The van der Waals surface area contributed by atoms with E-state index in [0.717, 1.165) is 59.7 Å².